The van der Waals surface area contributed by atoms with Crippen LogP contribution >= 0.6 is 0 Å². The molecule has 0 fully saturated rings. The first-order valence-corrected chi connectivity index (χ1v) is 17.1. The van der Waals surface area contributed by atoms with Crippen LogP contribution in [0.4, 0.5) is 0 Å². The van der Waals surface area contributed by atoms with Crippen molar-refractivity contribution in [3.8, 4) is 51.0 Å². The number of hydrogen-bond acceptors (Lipinski definition) is 3. The molecule has 0 saturated carbocycles. The standard InChI is InChI=1S/C46H32N4/c1-46(2)38-23-12-11-20-35(38)37-28-32(24-26-39(37)46)34-21-13-22-36-41-33-19-10-9-14-29(33)25-27-40(41)50(42(34)36)45-48-43(30-15-5-3-6-16-30)47-44(49-45)31-17-7-4-8-18-31/h3-28H,1-2H3. The molecule has 1 aliphatic carbocycles. The Kier molecular flexibility index (Phi) is 6.19. The Hall–Kier alpha value is -6.39. The molecule has 0 unspecified atom stereocenters. The third kappa shape index (κ3) is 4.21. The molecule has 7 aromatic carbocycles. The lowest BCUT2D eigenvalue weighted by molar-refractivity contribution is 0.660. The Morgan fingerprint density at radius 3 is 1.84 bits per heavy atom. The molecule has 9 aromatic rings. The van der Waals surface area contributed by atoms with Crippen LogP contribution in [0.3, 0.4) is 0 Å². The Morgan fingerprint density at radius 1 is 0.460 bits per heavy atom. The summed E-state index contributed by atoms with van der Waals surface area (Å²) in [6.07, 6.45) is 0. The monoisotopic (exact) mass is 640 g/mol. The molecular formula is C46H32N4. The van der Waals surface area contributed by atoms with Crippen LogP contribution in [-0.4, -0.2) is 19.5 Å². The minimum Gasteiger partial charge on any atom is -0.277 e. The van der Waals surface area contributed by atoms with Gasteiger partial charge in [-0.2, -0.15) is 9.97 Å². The van der Waals surface area contributed by atoms with Crippen LogP contribution in [-0.2, 0) is 5.41 Å². The van der Waals surface area contributed by atoms with Gasteiger partial charge in [0, 0.05) is 32.9 Å². The van der Waals surface area contributed by atoms with Crippen LogP contribution in [0, 0.1) is 0 Å². The van der Waals surface area contributed by atoms with Crippen molar-refractivity contribution in [2.45, 2.75) is 19.3 Å². The minimum atomic E-state index is -0.0587. The van der Waals surface area contributed by atoms with Crippen molar-refractivity contribution in [3.63, 3.8) is 0 Å². The molecule has 0 radical (unpaired) electrons. The molecule has 0 saturated heterocycles. The molecule has 4 heteroatoms. The minimum absolute atomic E-state index is 0.0587. The zero-order valence-electron chi connectivity index (χ0n) is 27.8. The van der Waals surface area contributed by atoms with Gasteiger partial charge < -0.3 is 0 Å². The molecule has 0 spiro atoms. The van der Waals surface area contributed by atoms with Gasteiger partial charge in [-0.05, 0) is 50.7 Å². The molecule has 2 aromatic heterocycles. The van der Waals surface area contributed by atoms with Gasteiger partial charge in [-0.15, -0.1) is 0 Å². The third-order valence-electron chi connectivity index (χ3n) is 10.5. The highest BCUT2D eigenvalue weighted by atomic mass is 15.2. The zero-order valence-corrected chi connectivity index (χ0v) is 27.8. The van der Waals surface area contributed by atoms with Gasteiger partial charge in [-0.3, -0.25) is 4.57 Å². The summed E-state index contributed by atoms with van der Waals surface area (Å²) in [6.45, 7) is 4.66. The average Bonchev–Trinajstić information content (AvgIpc) is 3.64. The Bertz CT molecular complexity index is 2720. The maximum Gasteiger partial charge on any atom is 0.238 e. The number of benzene rings is 7. The summed E-state index contributed by atoms with van der Waals surface area (Å²) in [5, 5.41) is 4.76. The SMILES string of the molecule is CC1(C)c2ccccc2-c2cc(-c3cccc4c5c6ccccc6ccc5n(-c5nc(-c6ccccc6)nc(-c6ccccc6)n5)c34)ccc21. The molecule has 2 heterocycles. The molecule has 4 nitrogen and oxygen atoms in total. The third-order valence-corrected chi connectivity index (χ3v) is 10.5. The fraction of sp³-hybridized carbons (Fsp3) is 0.0652. The van der Waals surface area contributed by atoms with Gasteiger partial charge in [-0.25, -0.2) is 4.98 Å². The Balaban J connectivity index is 1.32. The smallest absolute Gasteiger partial charge is 0.238 e. The highest BCUT2D eigenvalue weighted by Gasteiger charge is 2.35. The van der Waals surface area contributed by atoms with E-state index in [0.29, 0.717) is 17.6 Å². The van der Waals surface area contributed by atoms with Crippen LogP contribution < -0.4 is 0 Å². The van der Waals surface area contributed by atoms with Gasteiger partial charge in [0.05, 0.1) is 11.0 Å². The van der Waals surface area contributed by atoms with Crippen molar-refractivity contribution in [1.82, 2.24) is 19.5 Å². The summed E-state index contributed by atoms with van der Waals surface area (Å²) in [5.74, 6) is 1.87. The second-order valence-corrected chi connectivity index (χ2v) is 13.7. The molecule has 0 bridgehead atoms. The van der Waals surface area contributed by atoms with Crippen molar-refractivity contribution in [2.75, 3.05) is 0 Å². The quantitative estimate of drug-likeness (QED) is 0.192. The predicted octanol–water partition coefficient (Wildman–Crippen LogP) is 11.4. The van der Waals surface area contributed by atoms with Crippen molar-refractivity contribution in [1.29, 1.82) is 0 Å². The molecule has 0 aliphatic heterocycles. The Morgan fingerprint density at radius 2 is 1.08 bits per heavy atom. The second-order valence-electron chi connectivity index (χ2n) is 13.7. The largest absolute Gasteiger partial charge is 0.277 e. The normalized spacial score (nSPS) is 13.2. The zero-order chi connectivity index (χ0) is 33.4. The van der Waals surface area contributed by atoms with Crippen LogP contribution in [0.15, 0.2) is 158 Å². The summed E-state index contributed by atoms with van der Waals surface area (Å²) in [4.78, 5) is 15.5. The maximum absolute atomic E-state index is 5.23. The summed E-state index contributed by atoms with van der Waals surface area (Å²) in [6, 6.07) is 55.9. The molecular weight excluding hydrogens is 609 g/mol. The number of fused-ring (bicyclic) bond motifs is 8. The molecule has 0 N–H and O–H groups in total. The average molecular weight is 641 g/mol. The lowest BCUT2D eigenvalue weighted by Crippen LogP contribution is -2.14. The van der Waals surface area contributed by atoms with Gasteiger partial charge >= 0.3 is 0 Å². The lowest BCUT2D eigenvalue weighted by Gasteiger charge is -2.21. The van der Waals surface area contributed by atoms with E-state index in [0.717, 1.165) is 33.3 Å². The first-order valence-electron chi connectivity index (χ1n) is 17.1. The number of rotatable bonds is 4. The van der Waals surface area contributed by atoms with E-state index in [-0.39, 0.29) is 5.41 Å². The van der Waals surface area contributed by atoms with E-state index in [2.05, 4.69) is 140 Å². The van der Waals surface area contributed by atoms with E-state index in [1.54, 1.807) is 0 Å². The van der Waals surface area contributed by atoms with Crippen molar-refractivity contribution in [3.05, 3.63) is 169 Å². The molecule has 10 rings (SSSR count). The Labute approximate surface area is 290 Å². The summed E-state index contributed by atoms with van der Waals surface area (Å²) < 4.78 is 2.26. The summed E-state index contributed by atoms with van der Waals surface area (Å²) in [5.41, 5.74) is 11.6. The fourth-order valence-electron chi connectivity index (χ4n) is 8.06. The van der Waals surface area contributed by atoms with Gasteiger partial charge in [0.15, 0.2) is 11.6 Å². The lowest BCUT2D eigenvalue weighted by atomic mass is 9.82. The summed E-state index contributed by atoms with van der Waals surface area (Å²) in [7, 11) is 0. The highest BCUT2D eigenvalue weighted by Crippen LogP contribution is 2.50. The number of hydrogen-bond donors (Lipinski definition) is 0. The van der Waals surface area contributed by atoms with Crippen LogP contribution in [0.1, 0.15) is 25.0 Å². The van der Waals surface area contributed by atoms with E-state index in [1.165, 1.54) is 43.8 Å². The van der Waals surface area contributed by atoms with E-state index >= 15 is 0 Å². The molecule has 0 atom stereocenters. The van der Waals surface area contributed by atoms with Crippen molar-refractivity contribution < 1.29 is 0 Å². The predicted molar refractivity (Wildman–Crippen MR) is 206 cm³/mol. The van der Waals surface area contributed by atoms with E-state index in [4.69, 9.17) is 15.0 Å². The van der Waals surface area contributed by atoms with Crippen molar-refractivity contribution in [2.24, 2.45) is 0 Å². The molecule has 1 aliphatic rings. The molecule has 236 valence electrons. The van der Waals surface area contributed by atoms with Crippen LogP contribution in [0.2, 0.25) is 0 Å². The first-order chi connectivity index (χ1) is 24.6. The number of para-hydroxylation sites is 1. The van der Waals surface area contributed by atoms with E-state index < -0.39 is 0 Å². The van der Waals surface area contributed by atoms with Crippen LogP contribution in [0.5, 0.6) is 0 Å². The van der Waals surface area contributed by atoms with Crippen LogP contribution in [0.25, 0.3) is 83.6 Å². The number of nitrogens with zero attached hydrogens (tertiary/aromatic N) is 4. The molecule has 50 heavy (non-hydrogen) atoms. The van der Waals surface area contributed by atoms with Gasteiger partial charge in [0.2, 0.25) is 5.95 Å². The van der Waals surface area contributed by atoms with Gasteiger partial charge in [0.1, 0.15) is 0 Å². The first kappa shape index (κ1) is 28.6. The summed E-state index contributed by atoms with van der Waals surface area (Å²) >= 11 is 0. The fourth-order valence-corrected chi connectivity index (χ4v) is 8.06. The van der Waals surface area contributed by atoms with Gasteiger partial charge in [0.25, 0.3) is 0 Å². The topological polar surface area (TPSA) is 43.6 Å². The van der Waals surface area contributed by atoms with E-state index in [9.17, 15) is 0 Å². The second kappa shape index (κ2) is 10.8. The van der Waals surface area contributed by atoms with Gasteiger partial charge in [-0.1, -0.05) is 159 Å². The number of aromatic nitrogens is 4. The van der Waals surface area contributed by atoms with E-state index in [1.807, 2.05) is 36.4 Å². The molecule has 0 amide bonds. The maximum atomic E-state index is 5.23. The highest BCUT2D eigenvalue weighted by molar-refractivity contribution is 6.23. The van der Waals surface area contributed by atoms with Crippen molar-refractivity contribution >= 4 is 32.6 Å².